The van der Waals surface area contributed by atoms with Crippen LogP contribution in [-0.4, -0.2) is 32.1 Å². The third-order valence-corrected chi connectivity index (χ3v) is 4.92. The van der Waals surface area contributed by atoms with E-state index in [0.29, 0.717) is 18.4 Å². The maximum Gasteiger partial charge on any atom is 0.123 e. The Hall–Kier alpha value is -1.71. The molecule has 2 aromatic carbocycles. The quantitative estimate of drug-likeness (QED) is 0.939. The molecular weight excluding hydrogens is 287 g/mol. The Morgan fingerprint density at radius 1 is 1.13 bits per heavy atom. The Labute approximate surface area is 138 Å². The summed E-state index contributed by atoms with van der Waals surface area (Å²) >= 11 is 0. The van der Waals surface area contributed by atoms with Crippen molar-refractivity contribution in [3.63, 3.8) is 0 Å². The molecule has 0 aromatic heterocycles. The van der Waals surface area contributed by atoms with Crippen LogP contribution in [0.15, 0.2) is 42.5 Å². The number of nitrogens with two attached hydrogens (primary N) is 1. The summed E-state index contributed by atoms with van der Waals surface area (Å²) in [5, 5.41) is 0. The van der Waals surface area contributed by atoms with Gasteiger partial charge in [-0.2, -0.15) is 0 Å². The van der Waals surface area contributed by atoms with Crippen molar-refractivity contribution in [3.05, 3.63) is 70.5 Å². The third-order valence-electron chi connectivity index (χ3n) is 4.92. The van der Waals surface area contributed by atoms with E-state index >= 15 is 0 Å². The lowest BCUT2D eigenvalue weighted by Gasteiger charge is -2.29. The first-order chi connectivity index (χ1) is 11.1. The first-order valence-corrected chi connectivity index (χ1v) is 8.28. The fourth-order valence-electron chi connectivity index (χ4n) is 3.82. The highest BCUT2D eigenvalue weighted by molar-refractivity contribution is 5.43. The molecule has 0 radical (unpaired) electrons. The number of fused-ring (bicyclic) bond motifs is 2. The molecule has 0 bridgehead atoms. The van der Waals surface area contributed by atoms with Gasteiger partial charge in [-0.05, 0) is 79.7 Å². The van der Waals surface area contributed by atoms with Crippen LogP contribution >= 0.6 is 0 Å². The van der Waals surface area contributed by atoms with Gasteiger partial charge in [0, 0.05) is 6.54 Å². The Balaban J connectivity index is 2.06. The zero-order valence-corrected chi connectivity index (χ0v) is 13.9. The average Bonchev–Trinajstić information content (AvgIpc) is 2.69. The molecule has 122 valence electrons. The number of halogens is 1. The van der Waals surface area contributed by atoms with E-state index in [1.54, 1.807) is 12.1 Å². The zero-order valence-electron chi connectivity index (χ0n) is 13.9. The highest BCUT2D eigenvalue weighted by Gasteiger charge is 2.28. The maximum atomic E-state index is 13.7. The first-order valence-electron chi connectivity index (χ1n) is 8.28. The van der Waals surface area contributed by atoms with Gasteiger partial charge >= 0.3 is 0 Å². The third kappa shape index (κ3) is 3.46. The van der Waals surface area contributed by atoms with E-state index < -0.39 is 0 Å². The summed E-state index contributed by atoms with van der Waals surface area (Å²) < 4.78 is 13.7. The number of hydrogen-bond donors (Lipinski definition) is 1. The summed E-state index contributed by atoms with van der Waals surface area (Å²) in [5.41, 5.74) is 11.2. The van der Waals surface area contributed by atoms with Crippen molar-refractivity contribution in [1.29, 1.82) is 0 Å². The highest BCUT2D eigenvalue weighted by Crippen LogP contribution is 2.36. The van der Waals surface area contributed by atoms with Crippen LogP contribution in [0.5, 0.6) is 0 Å². The minimum Gasteiger partial charge on any atom is -0.330 e. The number of nitrogens with zero attached hydrogens (tertiary/aromatic N) is 1. The summed E-state index contributed by atoms with van der Waals surface area (Å²) in [6, 6.07) is 13.8. The molecule has 0 aliphatic heterocycles. The minimum atomic E-state index is -0.148. The van der Waals surface area contributed by atoms with Crippen LogP contribution in [0.2, 0.25) is 0 Å². The second-order valence-corrected chi connectivity index (χ2v) is 6.86. The molecule has 0 amide bonds. The zero-order chi connectivity index (χ0) is 16.4. The van der Waals surface area contributed by atoms with Crippen molar-refractivity contribution in [1.82, 2.24) is 4.90 Å². The lowest BCUT2D eigenvalue weighted by atomic mass is 9.81. The molecule has 2 atom stereocenters. The molecule has 0 heterocycles. The van der Waals surface area contributed by atoms with Crippen molar-refractivity contribution < 1.29 is 4.39 Å². The largest absolute Gasteiger partial charge is 0.330 e. The van der Waals surface area contributed by atoms with Crippen molar-refractivity contribution in [2.45, 2.75) is 18.8 Å². The topological polar surface area (TPSA) is 29.3 Å². The van der Waals surface area contributed by atoms with Gasteiger partial charge in [-0.15, -0.1) is 0 Å². The molecule has 3 rings (SSSR count). The van der Waals surface area contributed by atoms with Crippen LogP contribution < -0.4 is 5.73 Å². The summed E-state index contributed by atoms with van der Waals surface area (Å²) in [6.45, 7) is 1.59. The molecule has 0 fully saturated rings. The Kier molecular flexibility index (Phi) is 4.79. The van der Waals surface area contributed by atoms with Gasteiger partial charge in [0.2, 0.25) is 0 Å². The molecule has 2 nitrogen and oxygen atoms in total. The lowest BCUT2D eigenvalue weighted by Crippen LogP contribution is -2.33. The van der Waals surface area contributed by atoms with E-state index in [0.717, 1.165) is 24.9 Å². The van der Waals surface area contributed by atoms with Gasteiger partial charge in [0.25, 0.3) is 0 Å². The summed E-state index contributed by atoms with van der Waals surface area (Å²) in [4.78, 5) is 2.19. The predicted octanol–water partition coefficient (Wildman–Crippen LogP) is 3.19. The van der Waals surface area contributed by atoms with Gasteiger partial charge in [-0.25, -0.2) is 4.39 Å². The second kappa shape index (κ2) is 6.81. The maximum absolute atomic E-state index is 13.7. The van der Waals surface area contributed by atoms with Gasteiger partial charge in [-0.1, -0.05) is 30.3 Å². The normalized spacial score (nSPS) is 18.2. The molecule has 23 heavy (non-hydrogen) atoms. The van der Waals surface area contributed by atoms with E-state index in [1.807, 2.05) is 6.07 Å². The van der Waals surface area contributed by atoms with Crippen molar-refractivity contribution in [2.24, 2.45) is 11.7 Å². The molecule has 0 saturated carbocycles. The van der Waals surface area contributed by atoms with Crippen LogP contribution in [0.1, 0.15) is 28.2 Å². The predicted molar refractivity (Wildman–Crippen MR) is 93.2 cm³/mol. The molecule has 2 aromatic rings. The molecule has 1 aliphatic rings. The summed E-state index contributed by atoms with van der Waals surface area (Å²) in [6.07, 6.45) is 1.74. The fourth-order valence-corrected chi connectivity index (χ4v) is 3.82. The van der Waals surface area contributed by atoms with Gasteiger partial charge in [0.1, 0.15) is 5.82 Å². The Morgan fingerprint density at radius 3 is 2.65 bits per heavy atom. The minimum absolute atomic E-state index is 0.148. The van der Waals surface area contributed by atoms with Crippen LogP contribution in [0.4, 0.5) is 4.39 Å². The van der Waals surface area contributed by atoms with Gasteiger partial charge in [-0.3, -0.25) is 0 Å². The summed E-state index contributed by atoms with van der Waals surface area (Å²) in [5.74, 6) is 0.549. The molecular formula is C20H25FN2. The monoisotopic (exact) mass is 312 g/mol. The lowest BCUT2D eigenvalue weighted by molar-refractivity contribution is 0.292. The first kappa shape index (κ1) is 16.2. The number of rotatable bonds is 4. The van der Waals surface area contributed by atoms with Gasteiger partial charge < -0.3 is 10.6 Å². The van der Waals surface area contributed by atoms with Crippen LogP contribution in [-0.2, 0) is 12.8 Å². The van der Waals surface area contributed by atoms with Crippen LogP contribution in [0, 0.1) is 11.7 Å². The molecule has 3 heteroatoms. The smallest absolute Gasteiger partial charge is 0.123 e. The standard InChI is InChI=1S/C20H25FN2/c1-23(2)13-17(12-22)20-11-16-10-18(21)8-7-14(16)9-15-5-3-4-6-19(15)20/h3-8,10,17,20H,9,11-13,22H2,1-2H3. The number of hydrogen-bond acceptors (Lipinski definition) is 2. The van der Waals surface area contributed by atoms with Crippen LogP contribution in [0.25, 0.3) is 0 Å². The van der Waals surface area contributed by atoms with E-state index in [-0.39, 0.29) is 5.82 Å². The molecule has 0 spiro atoms. The number of benzene rings is 2. The molecule has 0 saturated heterocycles. The van der Waals surface area contributed by atoms with Crippen molar-refractivity contribution >= 4 is 0 Å². The van der Waals surface area contributed by atoms with Crippen molar-refractivity contribution in [3.8, 4) is 0 Å². The Bertz CT molecular complexity index is 681. The summed E-state index contributed by atoms with van der Waals surface area (Å²) in [7, 11) is 4.16. The van der Waals surface area contributed by atoms with E-state index in [2.05, 4.69) is 43.3 Å². The SMILES string of the molecule is CN(C)CC(CN)C1Cc2cc(F)ccc2Cc2ccccc21. The van der Waals surface area contributed by atoms with Gasteiger partial charge in [0.15, 0.2) is 0 Å². The van der Waals surface area contributed by atoms with E-state index in [1.165, 1.54) is 16.7 Å². The van der Waals surface area contributed by atoms with E-state index in [9.17, 15) is 4.39 Å². The van der Waals surface area contributed by atoms with Crippen LogP contribution in [0.3, 0.4) is 0 Å². The molecule has 2 unspecified atom stereocenters. The van der Waals surface area contributed by atoms with E-state index in [4.69, 9.17) is 5.73 Å². The fraction of sp³-hybridized carbons (Fsp3) is 0.400. The Morgan fingerprint density at radius 2 is 1.91 bits per heavy atom. The molecule has 1 aliphatic carbocycles. The second-order valence-electron chi connectivity index (χ2n) is 6.86. The molecule has 2 N–H and O–H groups in total. The average molecular weight is 312 g/mol. The van der Waals surface area contributed by atoms with Crippen molar-refractivity contribution in [2.75, 3.05) is 27.2 Å². The highest BCUT2D eigenvalue weighted by atomic mass is 19.1. The van der Waals surface area contributed by atoms with Gasteiger partial charge in [0.05, 0.1) is 0 Å².